The number of likely N-dealkylation sites (tertiary alicyclic amines) is 1. The average Bonchev–Trinajstić information content (AvgIpc) is 3.83. The summed E-state index contributed by atoms with van der Waals surface area (Å²) in [5.74, 6) is -2.75. The molecule has 1 aliphatic carbocycles. The summed E-state index contributed by atoms with van der Waals surface area (Å²) in [6.45, 7) is 7.42. The van der Waals surface area contributed by atoms with E-state index in [-0.39, 0.29) is 37.0 Å². The molecule has 1 saturated heterocycles. The number of ketones is 1. The van der Waals surface area contributed by atoms with Crippen LogP contribution in [0.2, 0.25) is 5.02 Å². The molecule has 0 unspecified atom stereocenters. The number of hydroxylamine groups is 1. The molecule has 4 amide bonds. The van der Waals surface area contributed by atoms with Gasteiger partial charge in [-0.3, -0.25) is 34.3 Å². The van der Waals surface area contributed by atoms with E-state index < -0.39 is 52.6 Å². The summed E-state index contributed by atoms with van der Waals surface area (Å²) in [6, 6.07) is 5.37. The second kappa shape index (κ2) is 15.8. The van der Waals surface area contributed by atoms with Crippen LogP contribution in [0.1, 0.15) is 91.0 Å². The SMILES string of the molecule is CCC[C@H](NC(=O)[C@@H]1C[C@]2(C=C(c3cccc(Cl)c3)NO2)CN1C(=O)[C@@H](NC(=O)CC1CCCCC1)C(C)(C)C)C(=O)C(=O)Nc1ccon1. The number of nitrogens with one attached hydrogen (secondary N) is 4. The number of anilines is 1. The zero-order chi connectivity index (χ0) is 36.1. The van der Waals surface area contributed by atoms with Gasteiger partial charge in [0.1, 0.15) is 23.9 Å². The number of hydrogen-bond acceptors (Lipinski definition) is 9. The third-order valence-electron chi connectivity index (χ3n) is 9.58. The third-order valence-corrected chi connectivity index (χ3v) is 9.81. The zero-order valence-electron chi connectivity index (χ0n) is 29.1. The van der Waals surface area contributed by atoms with Gasteiger partial charge in [-0.1, -0.05) is 82.3 Å². The minimum atomic E-state index is -1.17. The molecule has 1 aromatic carbocycles. The highest BCUT2D eigenvalue weighted by molar-refractivity contribution is 6.42. The van der Waals surface area contributed by atoms with Crippen LogP contribution in [0.15, 0.2) is 47.2 Å². The molecule has 2 aliphatic heterocycles. The van der Waals surface area contributed by atoms with Crippen LogP contribution in [0.5, 0.6) is 0 Å². The largest absolute Gasteiger partial charge is 0.363 e. The molecule has 1 spiro atoms. The highest BCUT2D eigenvalue weighted by atomic mass is 35.5. The van der Waals surface area contributed by atoms with E-state index in [2.05, 4.69) is 26.6 Å². The Labute approximate surface area is 297 Å². The summed E-state index contributed by atoms with van der Waals surface area (Å²) in [6.07, 6.45) is 9.46. The molecular formula is C36H47ClN6O7. The van der Waals surface area contributed by atoms with E-state index in [0.717, 1.165) is 31.2 Å². The summed E-state index contributed by atoms with van der Waals surface area (Å²) in [5.41, 5.74) is 2.51. The minimum absolute atomic E-state index is 0.00883. The van der Waals surface area contributed by atoms with Crippen molar-refractivity contribution in [3.8, 4) is 0 Å². The predicted octanol–water partition coefficient (Wildman–Crippen LogP) is 4.54. The van der Waals surface area contributed by atoms with E-state index in [1.807, 2.05) is 39.8 Å². The standard InChI is InChI=1S/C36H47ClN6O7/c1-5-10-25(30(45)33(47)39-28-15-16-49-42-28)38-32(46)27-20-36(19-26(41-50-36)23-13-9-14-24(37)18-23)21-43(27)34(48)31(35(2,3)4)40-29(44)17-22-11-7-6-8-12-22/h9,13-16,18-19,22,25,27,31,41H,5-8,10-12,17,20-21H2,1-4H3,(H,38,46)(H,40,44)(H,39,42,47)/t25-,27-,31+,36+/m0/s1. The molecule has 1 saturated carbocycles. The van der Waals surface area contributed by atoms with Gasteiger partial charge in [-0.15, -0.1) is 0 Å². The molecule has 5 rings (SSSR count). The van der Waals surface area contributed by atoms with Crippen molar-refractivity contribution < 1.29 is 33.3 Å². The average molecular weight is 711 g/mol. The van der Waals surface area contributed by atoms with Gasteiger partial charge >= 0.3 is 0 Å². The Balaban J connectivity index is 1.41. The van der Waals surface area contributed by atoms with Crippen LogP contribution in [0.25, 0.3) is 5.70 Å². The first-order valence-electron chi connectivity index (χ1n) is 17.4. The molecule has 2 fully saturated rings. The molecule has 0 radical (unpaired) electrons. The molecule has 50 heavy (non-hydrogen) atoms. The van der Waals surface area contributed by atoms with Gasteiger partial charge in [-0.25, -0.2) is 0 Å². The van der Waals surface area contributed by atoms with Crippen LogP contribution >= 0.6 is 11.6 Å². The van der Waals surface area contributed by atoms with E-state index >= 15 is 0 Å². The number of nitrogens with zero attached hydrogens (tertiary/aromatic N) is 2. The summed E-state index contributed by atoms with van der Waals surface area (Å²) < 4.78 is 4.72. The van der Waals surface area contributed by atoms with E-state index in [4.69, 9.17) is 21.0 Å². The van der Waals surface area contributed by atoms with Gasteiger partial charge in [0.05, 0.1) is 18.3 Å². The lowest BCUT2D eigenvalue weighted by molar-refractivity contribution is -0.145. The van der Waals surface area contributed by atoms with E-state index in [0.29, 0.717) is 23.6 Å². The van der Waals surface area contributed by atoms with Crippen molar-refractivity contribution in [1.29, 1.82) is 0 Å². The fraction of sp³-hybridized carbons (Fsp3) is 0.556. The van der Waals surface area contributed by atoms with Gasteiger partial charge in [0.2, 0.25) is 23.5 Å². The lowest BCUT2D eigenvalue weighted by Gasteiger charge is -2.36. The fourth-order valence-electron chi connectivity index (χ4n) is 6.95. The van der Waals surface area contributed by atoms with Crippen molar-refractivity contribution in [1.82, 2.24) is 26.2 Å². The monoisotopic (exact) mass is 710 g/mol. The molecular weight excluding hydrogens is 664 g/mol. The smallest absolute Gasteiger partial charge is 0.295 e. The van der Waals surface area contributed by atoms with Crippen molar-refractivity contribution in [2.75, 3.05) is 11.9 Å². The number of carbonyl (C=O) groups excluding carboxylic acids is 5. The minimum Gasteiger partial charge on any atom is -0.363 e. The first-order valence-corrected chi connectivity index (χ1v) is 17.7. The van der Waals surface area contributed by atoms with Crippen LogP contribution < -0.4 is 21.4 Å². The summed E-state index contributed by atoms with van der Waals surface area (Å²) in [4.78, 5) is 75.7. The van der Waals surface area contributed by atoms with Crippen LogP contribution in [-0.2, 0) is 28.8 Å². The summed E-state index contributed by atoms with van der Waals surface area (Å²) >= 11 is 6.25. The fourth-order valence-corrected chi connectivity index (χ4v) is 7.14. The lowest BCUT2D eigenvalue weighted by atomic mass is 9.84. The number of rotatable bonds is 12. The molecule has 14 heteroatoms. The van der Waals surface area contributed by atoms with Gasteiger partial charge in [-0.2, -0.15) is 0 Å². The second-order valence-corrected chi connectivity index (χ2v) is 15.1. The molecule has 0 bridgehead atoms. The Morgan fingerprint density at radius 3 is 2.52 bits per heavy atom. The Morgan fingerprint density at radius 1 is 1.10 bits per heavy atom. The summed E-state index contributed by atoms with van der Waals surface area (Å²) in [7, 11) is 0. The molecule has 13 nitrogen and oxygen atoms in total. The van der Waals surface area contributed by atoms with Crippen molar-refractivity contribution in [2.45, 2.75) is 109 Å². The number of halogens is 1. The Hall–Kier alpha value is -4.23. The van der Waals surface area contributed by atoms with E-state index in [1.54, 1.807) is 18.2 Å². The van der Waals surface area contributed by atoms with E-state index in [9.17, 15) is 24.0 Å². The normalized spacial score (nSPS) is 22.0. The van der Waals surface area contributed by atoms with Crippen molar-refractivity contribution in [3.05, 3.63) is 53.3 Å². The van der Waals surface area contributed by atoms with Crippen LogP contribution in [0.4, 0.5) is 5.82 Å². The van der Waals surface area contributed by atoms with Gasteiger partial charge in [0.25, 0.3) is 5.91 Å². The van der Waals surface area contributed by atoms with Crippen molar-refractivity contribution in [2.24, 2.45) is 11.3 Å². The third kappa shape index (κ3) is 8.91. The lowest BCUT2D eigenvalue weighted by Crippen LogP contribution is -2.59. The topological polar surface area (TPSA) is 172 Å². The number of hydrogen-bond donors (Lipinski definition) is 4. The van der Waals surface area contributed by atoms with Gasteiger partial charge in [-0.05, 0) is 48.8 Å². The van der Waals surface area contributed by atoms with E-state index in [1.165, 1.54) is 23.7 Å². The number of Topliss-reactive ketones (excluding diaryl/α,β-unsaturated/α-hetero) is 1. The molecule has 1 aromatic heterocycles. The van der Waals surface area contributed by atoms with Gasteiger partial charge < -0.3 is 25.4 Å². The molecule has 4 N–H and O–H groups in total. The number of carbonyl (C=O) groups is 5. The molecule has 3 heterocycles. The summed E-state index contributed by atoms with van der Waals surface area (Å²) in [5, 5.41) is 12.3. The Bertz CT molecular complexity index is 1600. The zero-order valence-corrected chi connectivity index (χ0v) is 29.8. The van der Waals surface area contributed by atoms with Crippen LogP contribution in [0.3, 0.4) is 0 Å². The van der Waals surface area contributed by atoms with Crippen LogP contribution in [0, 0.1) is 11.3 Å². The highest BCUT2D eigenvalue weighted by Gasteiger charge is 2.54. The molecule has 270 valence electrons. The highest BCUT2D eigenvalue weighted by Crippen LogP contribution is 2.39. The van der Waals surface area contributed by atoms with Gasteiger partial charge in [0, 0.05) is 29.5 Å². The van der Waals surface area contributed by atoms with Crippen molar-refractivity contribution >= 4 is 52.5 Å². The van der Waals surface area contributed by atoms with Crippen molar-refractivity contribution in [3.63, 3.8) is 0 Å². The molecule has 3 aliphatic rings. The first kappa shape index (κ1) is 37.0. The quantitative estimate of drug-likeness (QED) is 0.231. The van der Waals surface area contributed by atoms with Crippen LogP contribution in [-0.4, -0.2) is 69.7 Å². The maximum atomic E-state index is 14.6. The first-order chi connectivity index (χ1) is 23.8. The Morgan fingerprint density at radius 2 is 1.86 bits per heavy atom. The maximum absolute atomic E-state index is 14.6. The van der Waals surface area contributed by atoms with Gasteiger partial charge in [0.15, 0.2) is 5.82 Å². The Kier molecular flexibility index (Phi) is 11.7. The second-order valence-electron chi connectivity index (χ2n) is 14.7. The number of aromatic nitrogens is 1. The predicted molar refractivity (Wildman–Crippen MR) is 186 cm³/mol. The number of benzene rings is 1. The number of amides is 4. The molecule has 2 aromatic rings. The molecule has 4 atom stereocenters. The maximum Gasteiger partial charge on any atom is 0.295 e.